The Morgan fingerprint density at radius 3 is 2.73 bits per heavy atom. The number of benzene rings is 2. The summed E-state index contributed by atoms with van der Waals surface area (Å²) < 4.78 is 32.5. The van der Waals surface area contributed by atoms with Crippen LogP contribution in [0.5, 0.6) is 11.5 Å². The first-order valence-electron chi connectivity index (χ1n) is 13.2. The lowest BCUT2D eigenvalue weighted by Crippen LogP contribution is -2.38. The Kier molecular flexibility index (Phi) is 8.97. The highest BCUT2D eigenvalue weighted by molar-refractivity contribution is 6.03. The molecule has 1 aliphatic heterocycles. The molecule has 0 unspecified atom stereocenters. The number of aromatic nitrogens is 3. The molecule has 2 N–H and O–H groups in total. The largest absolute Gasteiger partial charge is 0.490 e. The van der Waals surface area contributed by atoms with Crippen LogP contribution in [-0.2, 0) is 16.1 Å². The van der Waals surface area contributed by atoms with Gasteiger partial charge in [-0.15, -0.1) is 0 Å². The molecule has 41 heavy (non-hydrogen) atoms. The van der Waals surface area contributed by atoms with Crippen LogP contribution in [0, 0.1) is 12.7 Å². The number of hydrogen-bond donors (Lipinski definition) is 2. The van der Waals surface area contributed by atoms with Gasteiger partial charge in [-0.1, -0.05) is 12.6 Å². The molecule has 2 aromatic carbocycles. The summed E-state index contributed by atoms with van der Waals surface area (Å²) in [5.74, 6) is 0.337. The molecule has 1 amide bonds. The van der Waals surface area contributed by atoms with Crippen molar-refractivity contribution < 1.29 is 23.4 Å². The van der Waals surface area contributed by atoms with Crippen LogP contribution in [0.15, 0.2) is 67.6 Å². The lowest BCUT2D eigenvalue weighted by atomic mass is 10.1. The van der Waals surface area contributed by atoms with Gasteiger partial charge in [-0.2, -0.15) is 0 Å². The molecule has 4 aromatic rings. The summed E-state index contributed by atoms with van der Waals surface area (Å²) in [4.78, 5) is 27.4. The third-order valence-electron chi connectivity index (χ3n) is 6.57. The van der Waals surface area contributed by atoms with Crippen molar-refractivity contribution in [2.75, 3.05) is 50.1 Å². The number of hydrogen-bond acceptors (Lipinski definition) is 9. The van der Waals surface area contributed by atoms with E-state index in [9.17, 15) is 4.79 Å². The molecule has 0 bridgehead atoms. The molecule has 3 heterocycles. The SMILES string of the molecule is C=CC(=O)Nc1cc2c(Nc3cc(C)c(OCc4ccccn4)cc3F)ncnc2cc1OCCN1CCOCC1. The van der Waals surface area contributed by atoms with Gasteiger partial charge < -0.3 is 24.8 Å². The van der Waals surface area contributed by atoms with Crippen molar-refractivity contribution in [3.63, 3.8) is 0 Å². The van der Waals surface area contributed by atoms with E-state index in [1.54, 1.807) is 24.4 Å². The van der Waals surface area contributed by atoms with Crippen molar-refractivity contribution in [3.8, 4) is 11.5 Å². The minimum atomic E-state index is -0.512. The van der Waals surface area contributed by atoms with Crippen LogP contribution in [0.3, 0.4) is 0 Å². The Hall–Kier alpha value is -4.61. The van der Waals surface area contributed by atoms with Crippen LogP contribution in [0.2, 0.25) is 0 Å². The number of carbonyl (C=O) groups is 1. The average Bonchev–Trinajstić information content (AvgIpc) is 2.99. The van der Waals surface area contributed by atoms with Gasteiger partial charge in [-0.05, 0) is 42.8 Å². The van der Waals surface area contributed by atoms with Crippen molar-refractivity contribution in [2.45, 2.75) is 13.5 Å². The first-order chi connectivity index (χ1) is 20.0. The number of nitrogens with one attached hydrogen (secondary N) is 2. The van der Waals surface area contributed by atoms with E-state index in [0.29, 0.717) is 60.3 Å². The molecule has 1 saturated heterocycles. The highest BCUT2D eigenvalue weighted by Gasteiger charge is 2.16. The third-order valence-corrected chi connectivity index (χ3v) is 6.57. The van der Waals surface area contributed by atoms with Gasteiger partial charge >= 0.3 is 0 Å². The maximum Gasteiger partial charge on any atom is 0.247 e. The minimum absolute atomic E-state index is 0.218. The Morgan fingerprint density at radius 2 is 1.95 bits per heavy atom. The van der Waals surface area contributed by atoms with Crippen molar-refractivity contribution in [1.29, 1.82) is 0 Å². The number of fused-ring (bicyclic) bond motifs is 1. The molecular weight excluding hydrogens is 527 g/mol. The van der Waals surface area contributed by atoms with E-state index < -0.39 is 11.7 Å². The van der Waals surface area contributed by atoms with E-state index in [-0.39, 0.29) is 12.3 Å². The van der Waals surface area contributed by atoms with Gasteiger partial charge in [0.15, 0.2) is 0 Å². The number of aryl methyl sites for hydroxylation is 1. The maximum absolute atomic E-state index is 15.2. The number of pyridine rings is 1. The minimum Gasteiger partial charge on any atom is -0.490 e. The van der Waals surface area contributed by atoms with Gasteiger partial charge in [0.2, 0.25) is 5.91 Å². The second-order valence-corrected chi connectivity index (χ2v) is 9.42. The zero-order valence-corrected chi connectivity index (χ0v) is 22.7. The van der Waals surface area contributed by atoms with Gasteiger partial charge in [-0.3, -0.25) is 14.7 Å². The Bertz CT molecular complexity index is 1530. The molecule has 212 valence electrons. The summed E-state index contributed by atoms with van der Waals surface area (Å²) in [7, 11) is 0. The van der Waals surface area contributed by atoms with E-state index in [2.05, 4.69) is 37.1 Å². The van der Waals surface area contributed by atoms with E-state index in [1.807, 2.05) is 25.1 Å². The molecular formula is C30H31FN6O4. The fourth-order valence-corrected chi connectivity index (χ4v) is 4.37. The number of carbonyl (C=O) groups excluding carboxylic acids is 1. The standard InChI is InChI=1S/C30H31FN6O4/c1-3-29(38)35-26-15-22-24(17-28(26)40-13-10-37-8-11-39-12-9-37)33-19-34-30(22)36-25-14-20(2)27(16-23(25)31)41-18-21-6-4-5-7-32-21/h3-7,14-17,19H,1,8-13,18H2,2H3,(H,35,38)(H,33,34,36). The predicted molar refractivity (Wildman–Crippen MR) is 154 cm³/mol. The summed E-state index contributed by atoms with van der Waals surface area (Å²) in [5, 5.41) is 6.43. The van der Waals surface area contributed by atoms with E-state index in [0.717, 1.165) is 24.3 Å². The fourth-order valence-electron chi connectivity index (χ4n) is 4.37. The van der Waals surface area contributed by atoms with E-state index in [4.69, 9.17) is 14.2 Å². The second-order valence-electron chi connectivity index (χ2n) is 9.42. The maximum atomic E-state index is 15.2. The smallest absolute Gasteiger partial charge is 0.247 e. The topological polar surface area (TPSA) is 111 Å². The highest BCUT2D eigenvalue weighted by Crippen LogP contribution is 2.35. The first kappa shape index (κ1) is 27.9. The molecule has 2 aromatic heterocycles. The summed E-state index contributed by atoms with van der Waals surface area (Å²) in [6.45, 7) is 9.81. The van der Waals surface area contributed by atoms with Crippen LogP contribution in [0.25, 0.3) is 10.9 Å². The van der Waals surface area contributed by atoms with E-state index in [1.165, 1.54) is 18.5 Å². The van der Waals surface area contributed by atoms with Crippen molar-refractivity contribution in [2.24, 2.45) is 0 Å². The quantitative estimate of drug-likeness (QED) is 0.255. The summed E-state index contributed by atoms with van der Waals surface area (Å²) in [5.41, 5.74) is 2.68. The lowest BCUT2D eigenvalue weighted by molar-refractivity contribution is -0.111. The van der Waals surface area contributed by atoms with Gasteiger partial charge in [0.25, 0.3) is 0 Å². The van der Waals surface area contributed by atoms with Crippen LogP contribution < -0.4 is 20.1 Å². The molecule has 0 saturated carbocycles. The second kappa shape index (κ2) is 13.2. The molecule has 5 rings (SSSR count). The number of nitrogens with zero attached hydrogens (tertiary/aromatic N) is 4. The molecule has 10 nitrogen and oxygen atoms in total. The molecule has 0 aliphatic carbocycles. The van der Waals surface area contributed by atoms with Gasteiger partial charge in [0.1, 0.15) is 42.7 Å². The molecule has 0 spiro atoms. The fraction of sp³-hybridized carbons (Fsp3) is 0.267. The summed E-state index contributed by atoms with van der Waals surface area (Å²) in [6, 6.07) is 12.0. The Labute approximate surface area is 237 Å². The van der Waals surface area contributed by atoms with Crippen molar-refractivity contribution >= 4 is 34.0 Å². The molecule has 0 atom stereocenters. The first-order valence-corrected chi connectivity index (χ1v) is 13.2. The Morgan fingerprint density at radius 1 is 1.10 bits per heavy atom. The van der Waals surface area contributed by atoms with E-state index >= 15 is 4.39 Å². The third kappa shape index (κ3) is 7.13. The molecule has 1 aliphatic rings. The number of morpholine rings is 1. The van der Waals surface area contributed by atoms with Crippen molar-refractivity contribution in [3.05, 3.63) is 84.7 Å². The van der Waals surface area contributed by atoms with Crippen LogP contribution in [0.4, 0.5) is 21.6 Å². The normalized spacial score (nSPS) is 13.5. The van der Waals surface area contributed by atoms with Crippen LogP contribution in [0.1, 0.15) is 11.3 Å². The number of rotatable bonds is 11. The molecule has 0 radical (unpaired) electrons. The highest BCUT2D eigenvalue weighted by atomic mass is 19.1. The van der Waals surface area contributed by atoms with Crippen molar-refractivity contribution in [1.82, 2.24) is 19.9 Å². The number of amides is 1. The number of halogens is 1. The molecule has 1 fully saturated rings. The predicted octanol–water partition coefficient (Wildman–Crippen LogP) is 4.63. The average molecular weight is 559 g/mol. The number of anilines is 3. The summed E-state index contributed by atoms with van der Waals surface area (Å²) in [6.07, 6.45) is 4.25. The summed E-state index contributed by atoms with van der Waals surface area (Å²) >= 11 is 0. The zero-order chi connectivity index (χ0) is 28.6. The lowest BCUT2D eigenvalue weighted by Gasteiger charge is -2.26. The Balaban J connectivity index is 1.37. The van der Waals surface area contributed by atoms with Gasteiger partial charge in [0, 0.05) is 43.4 Å². The molecule has 11 heteroatoms. The number of ether oxygens (including phenoxy) is 3. The van der Waals surface area contributed by atoms with Gasteiger partial charge in [0.05, 0.1) is 35.8 Å². The van der Waals surface area contributed by atoms with Gasteiger partial charge in [-0.25, -0.2) is 14.4 Å². The zero-order valence-electron chi connectivity index (χ0n) is 22.7. The van der Waals surface area contributed by atoms with Crippen LogP contribution in [-0.4, -0.2) is 65.2 Å². The van der Waals surface area contributed by atoms with Crippen LogP contribution >= 0.6 is 0 Å². The monoisotopic (exact) mass is 558 g/mol.